The fourth-order valence-corrected chi connectivity index (χ4v) is 2.97. The largest absolute Gasteiger partial charge is 0.508 e. The Hall–Kier alpha value is -2.37. The number of aromatic nitrogens is 2. The lowest BCUT2D eigenvalue weighted by Crippen LogP contribution is -2.24. The molecule has 1 heterocycles. The summed E-state index contributed by atoms with van der Waals surface area (Å²) < 4.78 is 6.77. The number of phenolic OH excluding ortho intramolecular Hbond substituents is 1. The van der Waals surface area contributed by atoms with Crippen molar-refractivity contribution in [3.8, 4) is 11.4 Å². The average Bonchev–Trinajstić information content (AvgIpc) is 2.56. The number of methoxy groups -OCH3 is 1. The fraction of sp³-hybridized carbons (Fsp3) is 0.263. The highest BCUT2D eigenvalue weighted by Gasteiger charge is 2.16. The second-order valence-electron chi connectivity index (χ2n) is 6.18. The van der Waals surface area contributed by atoms with Gasteiger partial charge < -0.3 is 9.84 Å². The van der Waals surface area contributed by atoms with Gasteiger partial charge in [0.15, 0.2) is 0 Å². The molecule has 0 unspecified atom stereocenters. The predicted octanol–water partition coefficient (Wildman–Crippen LogP) is 4.01. The van der Waals surface area contributed by atoms with E-state index in [9.17, 15) is 9.90 Å². The molecule has 3 aromatic rings. The van der Waals surface area contributed by atoms with E-state index >= 15 is 0 Å². The molecule has 130 valence electrons. The van der Waals surface area contributed by atoms with Gasteiger partial charge in [-0.2, -0.15) is 0 Å². The Labute approximate surface area is 150 Å². The van der Waals surface area contributed by atoms with Crippen molar-refractivity contribution in [2.45, 2.75) is 26.4 Å². The summed E-state index contributed by atoms with van der Waals surface area (Å²) in [6, 6.07) is 9.97. The van der Waals surface area contributed by atoms with Crippen molar-refractivity contribution in [2.24, 2.45) is 0 Å². The number of aromatic hydroxyl groups is 1. The number of hydrogen-bond donors (Lipinski definition) is 1. The van der Waals surface area contributed by atoms with Crippen molar-refractivity contribution in [3.63, 3.8) is 0 Å². The van der Waals surface area contributed by atoms with Gasteiger partial charge in [0.05, 0.1) is 23.2 Å². The van der Waals surface area contributed by atoms with Crippen LogP contribution in [-0.4, -0.2) is 21.8 Å². The Morgan fingerprint density at radius 3 is 2.68 bits per heavy atom. The van der Waals surface area contributed by atoms with Gasteiger partial charge >= 0.3 is 0 Å². The summed E-state index contributed by atoms with van der Waals surface area (Å²) in [5.41, 5.74) is 1.79. The van der Waals surface area contributed by atoms with Crippen molar-refractivity contribution in [2.75, 3.05) is 7.11 Å². The maximum atomic E-state index is 13.1. The van der Waals surface area contributed by atoms with Crippen LogP contribution < -0.4 is 5.56 Å². The summed E-state index contributed by atoms with van der Waals surface area (Å²) in [6.45, 7) is 4.30. The van der Waals surface area contributed by atoms with Gasteiger partial charge in [-0.1, -0.05) is 25.4 Å². The molecule has 0 aliphatic carbocycles. The first-order valence-corrected chi connectivity index (χ1v) is 8.33. The first-order valence-electron chi connectivity index (χ1n) is 7.95. The molecule has 0 fully saturated rings. The van der Waals surface area contributed by atoms with Gasteiger partial charge in [0.1, 0.15) is 11.6 Å². The first-order chi connectivity index (χ1) is 11.9. The Morgan fingerprint density at radius 2 is 2.00 bits per heavy atom. The van der Waals surface area contributed by atoms with E-state index in [0.717, 1.165) is 5.56 Å². The van der Waals surface area contributed by atoms with Crippen LogP contribution in [0.5, 0.6) is 5.75 Å². The molecule has 3 rings (SSSR count). The topological polar surface area (TPSA) is 64.3 Å². The minimum Gasteiger partial charge on any atom is -0.508 e. The summed E-state index contributed by atoms with van der Waals surface area (Å²) in [7, 11) is 1.60. The zero-order valence-corrected chi connectivity index (χ0v) is 15.0. The number of hydrogen-bond acceptors (Lipinski definition) is 4. The van der Waals surface area contributed by atoms with Crippen LogP contribution in [0.25, 0.3) is 16.6 Å². The van der Waals surface area contributed by atoms with E-state index in [0.29, 0.717) is 34.0 Å². The zero-order valence-electron chi connectivity index (χ0n) is 14.3. The Morgan fingerprint density at radius 1 is 1.24 bits per heavy atom. The Bertz CT molecular complexity index is 996. The van der Waals surface area contributed by atoms with Crippen molar-refractivity contribution >= 4 is 22.5 Å². The quantitative estimate of drug-likeness (QED) is 0.765. The smallest absolute Gasteiger partial charge is 0.265 e. The van der Waals surface area contributed by atoms with Crippen LogP contribution >= 0.6 is 11.6 Å². The molecule has 25 heavy (non-hydrogen) atoms. The van der Waals surface area contributed by atoms with E-state index in [1.165, 1.54) is 12.1 Å². The van der Waals surface area contributed by atoms with Crippen LogP contribution in [-0.2, 0) is 11.3 Å². The number of rotatable bonds is 4. The van der Waals surface area contributed by atoms with Crippen LogP contribution in [0.3, 0.4) is 0 Å². The Balaban J connectivity index is 2.33. The lowest BCUT2D eigenvalue weighted by Gasteiger charge is -2.17. The molecule has 5 nitrogen and oxygen atoms in total. The van der Waals surface area contributed by atoms with Crippen LogP contribution in [0.4, 0.5) is 0 Å². The standard InChI is InChI=1S/C19H19ClN2O3/c1-11(2)18-21-17-9-14(23)5-6-15(17)19(24)22(18)13-4-7-16(20)12(8-13)10-25-3/h4-9,11,23H,10H2,1-3H3. The van der Waals surface area contributed by atoms with Gasteiger partial charge in [0.25, 0.3) is 5.56 Å². The third-order valence-corrected chi connectivity index (χ3v) is 4.35. The van der Waals surface area contributed by atoms with Crippen LogP contribution in [0.15, 0.2) is 41.2 Å². The monoisotopic (exact) mass is 358 g/mol. The van der Waals surface area contributed by atoms with E-state index in [-0.39, 0.29) is 17.2 Å². The minimum absolute atomic E-state index is 0.0148. The molecule has 0 radical (unpaired) electrons. The highest BCUT2D eigenvalue weighted by molar-refractivity contribution is 6.31. The maximum absolute atomic E-state index is 13.1. The predicted molar refractivity (Wildman–Crippen MR) is 98.8 cm³/mol. The summed E-state index contributed by atoms with van der Waals surface area (Å²) >= 11 is 6.21. The Kier molecular flexibility index (Phi) is 4.79. The average molecular weight is 359 g/mol. The zero-order chi connectivity index (χ0) is 18.1. The van der Waals surface area contributed by atoms with Crippen LogP contribution in [0.2, 0.25) is 5.02 Å². The summed E-state index contributed by atoms with van der Waals surface area (Å²) in [5.74, 6) is 0.718. The van der Waals surface area contributed by atoms with Gasteiger partial charge in [-0.15, -0.1) is 0 Å². The lowest BCUT2D eigenvalue weighted by molar-refractivity contribution is 0.185. The van der Waals surface area contributed by atoms with Gasteiger partial charge in [-0.25, -0.2) is 4.98 Å². The summed E-state index contributed by atoms with van der Waals surface area (Å²) in [5, 5.41) is 10.7. The van der Waals surface area contributed by atoms with Crippen molar-refractivity contribution in [1.82, 2.24) is 9.55 Å². The molecule has 0 spiro atoms. The number of phenols is 1. The van der Waals surface area contributed by atoms with Crippen molar-refractivity contribution < 1.29 is 9.84 Å². The van der Waals surface area contributed by atoms with Gasteiger partial charge in [-0.05, 0) is 35.9 Å². The lowest BCUT2D eigenvalue weighted by atomic mass is 10.1. The SMILES string of the molecule is COCc1cc(-n2c(C(C)C)nc3cc(O)ccc3c2=O)ccc1Cl. The number of fused-ring (bicyclic) bond motifs is 1. The molecular weight excluding hydrogens is 340 g/mol. The third kappa shape index (κ3) is 3.25. The minimum atomic E-state index is -0.181. The fourth-order valence-electron chi connectivity index (χ4n) is 2.79. The molecule has 0 atom stereocenters. The van der Waals surface area contributed by atoms with E-state index in [4.69, 9.17) is 16.3 Å². The first kappa shape index (κ1) is 17.5. The molecule has 0 aliphatic rings. The molecule has 0 amide bonds. The number of benzene rings is 2. The maximum Gasteiger partial charge on any atom is 0.265 e. The van der Waals surface area contributed by atoms with Crippen LogP contribution in [0.1, 0.15) is 31.2 Å². The van der Waals surface area contributed by atoms with Crippen LogP contribution in [0, 0.1) is 0 Å². The highest BCUT2D eigenvalue weighted by Crippen LogP contribution is 2.24. The molecular formula is C19H19ClN2O3. The normalized spacial score (nSPS) is 11.4. The molecule has 0 saturated heterocycles. The van der Waals surface area contributed by atoms with Crippen molar-refractivity contribution in [1.29, 1.82) is 0 Å². The van der Waals surface area contributed by atoms with Gasteiger partial charge in [0, 0.05) is 24.1 Å². The molecule has 2 aromatic carbocycles. The van der Waals surface area contributed by atoms with Gasteiger partial charge in [-0.3, -0.25) is 9.36 Å². The molecule has 6 heteroatoms. The number of ether oxygens (including phenoxy) is 1. The third-order valence-electron chi connectivity index (χ3n) is 3.98. The molecule has 0 aliphatic heterocycles. The second kappa shape index (κ2) is 6.86. The second-order valence-corrected chi connectivity index (χ2v) is 6.58. The van der Waals surface area contributed by atoms with E-state index < -0.39 is 0 Å². The molecule has 1 aromatic heterocycles. The number of nitrogens with zero attached hydrogens (tertiary/aromatic N) is 2. The van der Waals surface area contributed by atoms with Gasteiger partial charge in [0.2, 0.25) is 0 Å². The molecule has 0 bridgehead atoms. The van der Waals surface area contributed by atoms with E-state index in [2.05, 4.69) is 4.98 Å². The summed E-state index contributed by atoms with van der Waals surface area (Å²) in [6.07, 6.45) is 0. The van der Waals surface area contributed by atoms with E-state index in [1.807, 2.05) is 19.9 Å². The van der Waals surface area contributed by atoms with Crippen molar-refractivity contribution in [3.05, 3.63) is 63.2 Å². The highest BCUT2D eigenvalue weighted by atomic mass is 35.5. The number of halogens is 1. The summed E-state index contributed by atoms with van der Waals surface area (Å²) in [4.78, 5) is 17.7. The van der Waals surface area contributed by atoms with E-state index in [1.54, 1.807) is 29.9 Å². The molecule has 0 saturated carbocycles. The molecule has 1 N–H and O–H groups in total.